The van der Waals surface area contributed by atoms with Crippen LogP contribution < -0.4 is 0 Å². The summed E-state index contributed by atoms with van der Waals surface area (Å²) in [5.74, 6) is 0.0522. The van der Waals surface area contributed by atoms with Crippen LogP contribution in [0.2, 0.25) is 0 Å². The number of hydrogen-bond donors (Lipinski definition) is 1. The second-order valence-corrected chi connectivity index (χ2v) is 6.92. The van der Waals surface area contributed by atoms with Gasteiger partial charge in [0, 0.05) is 6.54 Å². The van der Waals surface area contributed by atoms with Crippen LogP contribution in [0.15, 0.2) is 30.3 Å². The van der Waals surface area contributed by atoms with E-state index in [9.17, 15) is 14.7 Å². The number of carbonyl (C=O) groups excluding carboxylic acids is 2. The molecule has 0 unspecified atom stereocenters. The summed E-state index contributed by atoms with van der Waals surface area (Å²) in [5, 5.41) is 10.2. The number of ether oxygens (including phenoxy) is 1. The Labute approximate surface area is 142 Å². The van der Waals surface area contributed by atoms with Crippen LogP contribution in [-0.2, 0) is 16.1 Å². The minimum absolute atomic E-state index is 0.130. The summed E-state index contributed by atoms with van der Waals surface area (Å²) in [5.41, 5.74) is 0.999. The van der Waals surface area contributed by atoms with E-state index < -0.39 is 24.3 Å². The molecule has 24 heavy (non-hydrogen) atoms. The second kappa shape index (κ2) is 6.43. The van der Waals surface area contributed by atoms with Gasteiger partial charge in [-0.05, 0) is 18.4 Å². The van der Waals surface area contributed by atoms with Gasteiger partial charge in [-0.2, -0.15) is 0 Å². The van der Waals surface area contributed by atoms with Gasteiger partial charge in [0.05, 0.1) is 18.2 Å². The number of hydrogen-bond acceptors (Lipinski definition) is 4. The third-order valence-corrected chi connectivity index (χ3v) is 4.92. The first-order valence-electron chi connectivity index (χ1n) is 8.39. The number of benzene rings is 1. The summed E-state index contributed by atoms with van der Waals surface area (Å²) >= 11 is 0. The van der Waals surface area contributed by atoms with Gasteiger partial charge in [-0.1, -0.05) is 44.2 Å². The molecule has 6 nitrogen and oxygen atoms in total. The van der Waals surface area contributed by atoms with Crippen LogP contribution in [0.5, 0.6) is 0 Å². The molecule has 3 rings (SSSR count). The molecule has 1 N–H and O–H groups in total. The molecule has 0 aliphatic carbocycles. The first-order valence-corrected chi connectivity index (χ1v) is 8.39. The number of aliphatic hydroxyl groups is 1. The van der Waals surface area contributed by atoms with Gasteiger partial charge in [0.2, 0.25) is 5.91 Å². The zero-order valence-corrected chi connectivity index (χ0v) is 14.3. The lowest BCUT2D eigenvalue weighted by atomic mass is 9.87. The standard InChI is InChI=1S/C18H24N2O4/c1-11(2)14-10-24-18(23)20(14)16-15(12(3)21)19(17(16)22)9-13-7-5-4-6-8-13/h4-8,11-12,14-16,21H,9-10H2,1-3H3/t12-,14-,15+,16-/m1/s1. The molecule has 0 saturated carbocycles. The zero-order valence-electron chi connectivity index (χ0n) is 14.3. The van der Waals surface area contributed by atoms with Crippen molar-refractivity contribution in [1.82, 2.24) is 9.80 Å². The van der Waals surface area contributed by atoms with E-state index in [0.29, 0.717) is 13.2 Å². The molecule has 1 aromatic carbocycles. The highest BCUT2D eigenvalue weighted by atomic mass is 16.6. The summed E-state index contributed by atoms with van der Waals surface area (Å²) in [7, 11) is 0. The fourth-order valence-electron chi connectivity index (χ4n) is 3.60. The SMILES string of the molecule is CC(C)[C@H]1COC(=O)N1[C@H]1C(=O)N(Cc2ccccc2)[C@H]1[C@@H](C)O. The van der Waals surface area contributed by atoms with Crippen LogP contribution in [0.4, 0.5) is 4.79 Å². The fourth-order valence-corrected chi connectivity index (χ4v) is 3.60. The topological polar surface area (TPSA) is 70.1 Å². The molecule has 2 aliphatic rings. The molecule has 0 radical (unpaired) electrons. The van der Waals surface area contributed by atoms with Crippen LogP contribution >= 0.6 is 0 Å². The molecule has 2 fully saturated rings. The summed E-state index contributed by atoms with van der Waals surface area (Å²) in [6, 6.07) is 8.46. The van der Waals surface area contributed by atoms with E-state index in [1.54, 1.807) is 11.8 Å². The van der Waals surface area contributed by atoms with E-state index in [1.807, 2.05) is 44.2 Å². The van der Waals surface area contributed by atoms with Gasteiger partial charge < -0.3 is 14.7 Å². The molecule has 2 heterocycles. The molecular formula is C18H24N2O4. The first-order chi connectivity index (χ1) is 11.4. The third-order valence-electron chi connectivity index (χ3n) is 4.92. The van der Waals surface area contributed by atoms with Crippen molar-refractivity contribution < 1.29 is 19.4 Å². The smallest absolute Gasteiger partial charge is 0.410 e. The van der Waals surface area contributed by atoms with Gasteiger partial charge in [0.1, 0.15) is 12.6 Å². The van der Waals surface area contributed by atoms with E-state index in [4.69, 9.17) is 4.74 Å². The zero-order chi connectivity index (χ0) is 17.4. The molecule has 2 amide bonds. The maximum absolute atomic E-state index is 12.7. The highest BCUT2D eigenvalue weighted by molar-refractivity contribution is 5.93. The summed E-state index contributed by atoms with van der Waals surface area (Å²) < 4.78 is 5.16. The number of β-lactam (4-membered cyclic amide) rings is 1. The van der Waals surface area contributed by atoms with Gasteiger partial charge >= 0.3 is 6.09 Å². The lowest BCUT2D eigenvalue weighted by Gasteiger charge is -2.52. The summed E-state index contributed by atoms with van der Waals surface area (Å²) in [4.78, 5) is 28.1. The largest absolute Gasteiger partial charge is 0.447 e. The van der Waals surface area contributed by atoms with E-state index in [-0.39, 0.29) is 17.9 Å². The Morgan fingerprint density at radius 2 is 1.88 bits per heavy atom. The highest BCUT2D eigenvalue weighted by Crippen LogP contribution is 2.34. The lowest BCUT2D eigenvalue weighted by molar-refractivity contribution is -0.167. The minimum atomic E-state index is -0.724. The van der Waals surface area contributed by atoms with Crippen molar-refractivity contribution in [3.05, 3.63) is 35.9 Å². The number of likely N-dealkylation sites (tertiary alicyclic amines) is 1. The van der Waals surface area contributed by atoms with Crippen molar-refractivity contribution in [3.63, 3.8) is 0 Å². The Morgan fingerprint density at radius 1 is 1.21 bits per heavy atom. The van der Waals surface area contributed by atoms with Crippen molar-refractivity contribution in [3.8, 4) is 0 Å². The Bertz CT molecular complexity index is 617. The van der Waals surface area contributed by atoms with Gasteiger partial charge in [0.25, 0.3) is 0 Å². The van der Waals surface area contributed by atoms with Crippen molar-refractivity contribution in [2.45, 2.75) is 51.5 Å². The Kier molecular flexibility index (Phi) is 4.49. The van der Waals surface area contributed by atoms with Crippen LogP contribution in [0.25, 0.3) is 0 Å². The predicted octanol–water partition coefficient (Wildman–Crippen LogP) is 1.62. The quantitative estimate of drug-likeness (QED) is 0.832. The summed E-state index contributed by atoms with van der Waals surface area (Å²) in [6.07, 6.45) is -1.19. The second-order valence-electron chi connectivity index (χ2n) is 6.92. The lowest BCUT2D eigenvalue weighted by Crippen LogP contribution is -2.74. The molecule has 0 spiro atoms. The van der Waals surface area contributed by atoms with E-state index in [1.165, 1.54) is 4.90 Å². The number of aliphatic hydroxyl groups excluding tert-OH is 1. The third kappa shape index (κ3) is 2.75. The fraction of sp³-hybridized carbons (Fsp3) is 0.556. The van der Waals surface area contributed by atoms with Gasteiger partial charge in [-0.25, -0.2) is 4.79 Å². The van der Waals surface area contributed by atoms with Crippen LogP contribution in [0.1, 0.15) is 26.3 Å². The van der Waals surface area contributed by atoms with Crippen molar-refractivity contribution in [2.75, 3.05) is 6.61 Å². The first kappa shape index (κ1) is 16.8. The molecule has 0 aromatic heterocycles. The average Bonchev–Trinajstić information content (AvgIpc) is 2.92. The average molecular weight is 332 g/mol. The molecule has 4 atom stereocenters. The number of carbonyl (C=O) groups is 2. The highest BCUT2D eigenvalue weighted by Gasteiger charge is 2.57. The molecule has 2 saturated heterocycles. The number of rotatable bonds is 5. The monoisotopic (exact) mass is 332 g/mol. The van der Waals surface area contributed by atoms with Gasteiger partial charge in [-0.3, -0.25) is 9.69 Å². The molecule has 1 aromatic rings. The van der Waals surface area contributed by atoms with Crippen molar-refractivity contribution in [1.29, 1.82) is 0 Å². The van der Waals surface area contributed by atoms with Crippen LogP contribution in [0.3, 0.4) is 0 Å². The van der Waals surface area contributed by atoms with Gasteiger partial charge in [0.15, 0.2) is 0 Å². The van der Waals surface area contributed by atoms with Gasteiger partial charge in [-0.15, -0.1) is 0 Å². The maximum Gasteiger partial charge on any atom is 0.410 e. The van der Waals surface area contributed by atoms with E-state index in [0.717, 1.165) is 5.56 Å². The number of nitrogens with zero attached hydrogens (tertiary/aromatic N) is 2. The summed E-state index contributed by atoms with van der Waals surface area (Å²) in [6.45, 7) is 6.39. The normalized spacial score (nSPS) is 28.1. The van der Waals surface area contributed by atoms with Crippen LogP contribution in [0, 0.1) is 5.92 Å². The molecule has 0 bridgehead atoms. The van der Waals surface area contributed by atoms with Crippen molar-refractivity contribution >= 4 is 12.0 Å². The molecule has 130 valence electrons. The number of cyclic esters (lactones) is 1. The Balaban J connectivity index is 1.82. The molecule has 2 aliphatic heterocycles. The van der Waals surface area contributed by atoms with Crippen molar-refractivity contribution in [2.24, 2.45) is 5.92 Å². The van der Waals surface area contributed by atoms with Crippen LogP contribution in [-0.4, -0.2) is 57.7 Å². The van der Waals surface area contributed by atoms with E-state index >= 15 is 0 Å². The predicted molar refractivity (Wildman–Crippen MR) is 88.1 cm³/mol. The maximum atomic E-state index is 12.7. The van der Waals surface area contributed by atoms with E-state index in [2.05, 4.69) is 0 Å². The minimum Gasteiger partial charge on any atom is -0.447 e. The molecule has 6 heteroatoms. The Hall–Kier alpha value is -2.08. The number of amides is 2. The molecular weight excluding hydrogens is 308 g/mol. The Morgan fingerprint density at radius 3 is 2.46 bits per heavy atom.